The van der Waals surface area contributed by atoms with E-state index in [0.29, 0.717) is 56.3 Å². The van der Waals surface area contributed by atoms with Crippen LogP contribution in [-0.2, 0) is 7.05 Å². The van der Waals surface area contributed by atoms with E-state index in [0.717, 1.165) is 19.6 Å². The quantitative estimate of drug-likeness (QED) is 0.354. The van der Waals surface area contributed by atoms with Gasteiger partial charge in [0.2, 0.25) is 11.8 Å². The zero-order chi connectivity index (χ0) is 25.1. The van der Waals surface area contributed by atoms with Gasteiger partial charge in [-0.3, -0.25) is 14.3 Å². The minimum Gasteiger partial charge on any atom is -0.476 e. The number of halogens is 2. The number of aromatic nitrogens is 4. The predicted molar refractivity (Wildman–Crippen MR) is 147 cm³/mol. The molecule has 186 valence electrons. The molecular weight excluding hydrogens is 519 g/mol. The summed E-state index contributed by atoms with van der Waals surface area (Å²) in [5.41, 5.74) is 1.82. The molecule has 1 N–H and O–H groups in total. The highest BCUT2D eigenvalue weighted by molar-refractivity contribution is 7.99. The maximum Gasteiger partial charge on any atom is 0.259 e. The molecule has 0 saturated carbocycles. The topological polar surface area (TPSA) is 85.2 Å². The number of nitrogens with zero attached hydrogens (tertiary/aromatic N) is 5. The van der Waals surface area contributed by atoms with E-state index in [1.165, 1.54) is 16.1 Å². The predicted octanol–water partition coefficient (Wildman–Crippen LogP) is 4.87. The Kier molecular flexibility index (Phi) is 7.62. The Balaban J connectivity index is 1.30. The second-order valence-corrected chi connectivity index (χ2v) is 10.3. The minimum atomic E-state index is -0.256. The van der Waals surface area contributed by atoms with Crippen LogP contribution >= 0.6 is 35.0 Å². The average Bonchev–Trinajstić information content (AvgIpc) is 2.89. The highest BCUT2D eigenvalue weighted by Gasteiger charge is 2.16. The van der Waals surface area contributed by atoms with E-state index in [-0.39, 0.29) is 5.56 Å². The molecule has 0 spiro atoms. The third-order valence-electron chi connectivity index (χ3n) is 5.93. The summed E-state index contributed by atoms with van der Waals surface area (Å²) in [6, 6.07) is 10.5. The van der Waals surface area contributed by atoms with Crippen molar-refractivity contribution in [1.82, 2.24) is 24.4 Å². The molecule has 1 saturated heterocycles. The molecule has 5 rings (SSSR count). The third-order valence-corrected chi connectivity index (χ3v) is 7.51. The van der Waals surface area contributed by atoms with Gasteiger partial charge in [-0.1, -0.05) is 29.3 Å². The maximum absolute atomic E-state index is 13.1. The molecule has 11 heteroatoms. The van der Waals surface area contributed by atoms with Crippen LogP contribution in [0.5, 0.6) is 5.88 Å². The zero-order valence-electron chi connectivity index (χ0n) is 19.6. The summed E-state index contributed by atoms with van der Waals surface area (Å²) in [7, 11) is 1.66. The summed E-state index contributed by atoms with van der Waals surface area (Å²) in [6.45, 7) is 3.72. The maximum atomic E-state index is 13.1. The van der Waals surface area contributed by atoms with E-state index in [1.807, 2.05) is 23.9 Å². The lowest BCUT2D eigenvalue weighted by Crippen LogP contribution is -2.35. The first kappa shape index (κ1) is 24.8. The lowest BCUT2D eigenvalue weighted by atomic mass is 10.1. The standard InChI is InChI=1S/C25H24Cl2N6O2S/c1-32-23-16(13-18(24(32)34)22-19(26)3-2-4-20(22)27)14-29-25(31-23)30-17-5-6-21(28-15-17)35-10-7-33-8-11-36-12-9-33/h2-6,13-15H,7-12H2,1H3,(H,29,30,31). The monoisotopic (exact) mass is 542 g/mol. The summed E-state index contributed by atoms with van der Waals surface area (Å²) in [5, 5.41) is 4.63. The summed E-state index contributed by atoms with van der Waals surface area (Å²) < 4.78 is 7.26. The first-order chi connectivity index (χ1) is 17.5. The zero-order valence-corrected chi connectivity index (χ0v) is 21.9. The molecule has 0 atom stereocenters. The Labute approximate surface area is 222 Å². The minimum absolute atomic E-state index is 0.256. The molecule has 0 amide bonds. The Morgan fingerprint density at radius 1 is 1.08 bits per heavy atom. The van der Waals surface area contributed by atoms with Gasteiger partial charge in [-0.15, -0.1) is 0 Å². The Hall–Kier alpha value is -2.85. The molecule has 0 radical (unpaired) electrons. The van der Waals surface area contributed by atoms with Crippen molar-refractivity contribution in [2.45, 2.75) is 0 Å². The van der Waals surface area contributed by atoms with Gasteiger partial charge in [0.1, 0.15) is 12.3 Å². The van der Waals surface area contributed by atoms with Crippen LogP contribution < -0.4 is 15.6 Å². The molecule has 1 aromatic carbocycles. The SMILES string of the molecule is Cn1c(=O)c(-c2c(Cl)cccc2Cl)cc2cnc(Nc3ccc(OCCN4CCSCC4)nc3)nc21. The third kappa shape index (κ3) is 5.44. The summed E-state index contributed by atoms with van der Waals surface area (Å²) in [5.74, 6) is 3.28. The van der Waals surface area contributed by atoms with Crippen molar-refractivity contribution >= 4 is 57.6 Å². The summed E-state index contributed by atoms with van der Waals surface area (Å²) in [6.07, 6.45) is 3.32. The van der Waals surface area contributed by atoms with Crippen molar-refractivity contribution in [2.75, 3.05) is 43.1 Å². The van der Waals surface area contributed by atoms with Crippen molar-refractivity contribution in [3.05, 3.63) is 69.2 Å². The highest BCUT2D eigenvalue weighted by Crippen LogP contribution is 2.33. The fourth-order valence-electron chi connectivity index (χ4n) is 4.01. The molecule has 4 aromatic rings. The van der Waals surface area contributed by atoms with Crippen LogP contribution in [0.2, 0.25) is 10.0 Å². The number of hydrogen-bond donors (Lipinski definition) is 1. The number of pyridine rings is 2. The number of anilines is 2. The van der Waals surface area contributed by atoms with Crippen molar-refractivity contribution < 1.29 is 4.74 Å². The highest BCUT2D eigenvalue weighted by atomic mass is 35.5. The molecule has 4 heterocycles. The number of rotatable bonds is 7. The van der Waals surface area contributed by atoms with Gasteiger partial charge in [-0.2, -0.15) is 16.7 Å². The van der Waals surface area contributed by atoms with Crippen molar-refractivity contribution in [3.63, 3.8) is 0 Å². The number of hydrogen-bond acceptors (Lipinski definition) is 8. The molecule has 1 aliphatic rings. The van der Waals surface area contributed by atoms with Crippen LogP contribution in [0, 0.1) is 0 Å². The average molecular weight is 543 g/mol. The molecule has 8 nitrogen and oxygen atoms in total. The van der Waals surface area contributed by atoms with Crippen LogP contribution in [0.15, 0.2) is 53.6 Å². The van der Waals surface area contributed by atoms with Gasteiger partial charge < -0.3 is 10.1 Å². The number of fused-ring (bicyclic) bond motifs is 1. The van der Waals surface area contributed by atoms with Crippen LogP contribution in [0.3, 0.4) is 0 Å². The fraction of sp³-hybridized carbons (Fsp3) is 0.280. The molecule has 0 bridgehead atoms. The van der Waals surface area contributed by atoms with Crippen molar-refractivity contribution in [2.24, 2.45) is 7.05 Å². The van der Waals surface area contributed by atoms with Gasteiger partial charge in [-0.25, -0.2) is 9.97 Å². The van der Waals surface area contributed by atoms with Crippen LogP contribution in [-0.4, -0.2) is 62.2 Å². The fourth-order valence-corrected chi connectivity index (χ4v) is 5.59. The molecule has 3 aromatic heterocycles. The second-order valence-electron chi connectivity index (χ2n) is 8.30. The van der Waals surface area contributed by atoms with E-state index in [2.05, 4.69) is 25.2 Å². The Morgan fingerprint density at radius 2 is 1.86 bits per heavy atom. The van der Waals surface area contributed by atoms with Gasteiger partial charge in [0.15, 0.2) is 0 Å². The lowest BCUT2D eigenvalue weighted by molar-refractivity contribution is 0.217. The number of benzene rings is 1. The van der Waals surface area contributed by atoms with E-state index in [1.54, 1.807) is 43.7 Å². The number of ether oxygens (including phenoxy) is 1. The van der Waals surface area contributed by atoms with Gasteiger partial charge in [0.05, 0.1) is 27.5 Å². The first-order valence-corrected chi connectivity index (χ1v) is 13.4. The molecule has 1 aliphatic heterocycles. The molecule has 0 aliphatic carbocycles. The van der Waals surface area contributed by atoms with Gasteiger partial charge in [0, 0.05) is 61.4 Å². The number of thioether (sulfide) groups is 1. The normalized spacial score (nSPS) is 14.2. The Bertz CT molecular complexity index is 1420. The largest absolute Gasteiger partial charge is 0.476 e. The van der Waals surface area contributed by atoms with E-state index in [4.69, 9.17) is 27.9 Å². The van der Waals surface area contributed by atoms with Crippen LogP contribution in [0.1, 0.15) is 0 Å². The van der Waals surface area contributed by atoms with Gasteiger partial charge >= 0.3 is 0 Å². The summed E-state index contributed by atoms with van der Waals surface area (Å²) >= 11 is 14.7. The van der Waals surface area contributed by atoms with E-state index < -0.39 is 0 Å². The van der Waals surface area contributed by atoms with Crippen molar-refractivity contribution in [3.8, 4) is 17.0 Å². The molecule has 1 fully saturated rings. The number of nitrogens with one attached hydrogen (secondary N) is 1. The molecule has 36 heavy (non-hydrogen) atoms. The van der Waals surface area contributed by atoms with Gasteiger partial charge in [0.25, 0.3) is 5.56 Å². The smallest absolute Gasteiger partial charge is 0.259 e. The van der Waals surface area contributed by atoms with Gasteiger partial charge in [-0.05, 0) is 24.3 Å². The molecule has 0 unspecified atom stereocenters. The first-order valence-electron chi connectivity index (χ1n) is 11.5. The van der Waals surface area contributed by atoms with E-state index >= 15 is 0 Å². The summed E-state index contributed by atoms with van der Waals surface area (Å²) in [4.78, 5) is 28.8. The lowest BCUT2D eigenvalue weighted by Gasteiger charge is -2.25. The van der Waals surface area contributed by atoms with Crippen LogP contribution in [0.25, 0.3) is 22.2 Å². The number of aryl methyl sites for hydroxylation is 1. The molecular formula is C25H24Cl2N6O2S. The van der Waals surface area contributed by atoms with Crippen molar-refractivity contribution in [1.29, 1.82) is 0 Å². The Morgan fingerprint density at radius 3 is 2.58 bits per heavy atom. The van der Waals surface area contributed by atoms with Crippen LogP contribution in [0.4, 0.5) is 11.6 Å². The second kappa shape index (κ2) is 11.0. The van der Waals surface area contributed by atoms with E-state index in [9.17, 15) is 4.79 Å².